The Labute approximate surface area is 121 Å². The second-order valence-corrected chi connectivity index (χ2v) is 5.88. The predicted octanol–water partition coefficient (Wildman–Crippen LogP) is 2.69. The first-order valence-electron chi connectivity index (χ1n) is 6.51. The van der Waals surface area contributed by atoms with Gasteiger partial charge in [-0.25, -0.2) is 4.39 Å². The number of amides is 1. The molecule has 1 fully saturated rings. The van der Waals surface area contributed by atoms with Gasteiger partial charge in [0.05, 0.1) is 0 Å². The molecule has 5 heteroatoms. The van der Waals surface area contributed by atoms with Crippen LogP contribution >= 0.6 is 15.9 Å². The summed E-state index contributed by atoms with van der Waals surface area (Å²) in [4.78, 5) is 13.4. The third kappa shape index (κ3) is 4.01. The average Bonchev–Trinajstić information content (AvgIpc) is 2.76. The van der Waals surface area contributed by atoms with Gasteiger partial charge in [-0.3, -0.25) is 4.79 Å². The van der Waals surface area contributed by atoms with Crippen molar-refractivity contribution in [1.82, 2.24) is 10.2 Å². The smallest absolute Gasteiger partial charge is 0.222 e. The van der Waals surface area contributed by atoms with Crippen molar-refractivity contribution in [2.45, 2.75) is 32.4 Å². The number of nitrogens with zero attached hydrogens (tertiary/aromatic N) is 1. The molecule has 1 N–H and O–H groups in total. The molecule has 0 saturated carbocycles. The number of hydrogen-bond donors (Lipinski definition) is 1. The standard InChI is InChI=1S/C14H18BrFN2O/c1-10(9-18-6-2-3-14(18)19)17-8-11-7-12(15)4-5-13(11)16/h4-5,7,10,17H,2-3,6,8-9H2,1H3. The second kappa shape index (κ2) is 6.48. The molecule has 3 nitrogen and oxygen atoms in total. The minimum atomic E-state index is -0.208. The van der Waals surface area contributed by atoms with Crippen molar-refractivity contribution in [3.05, 3.63) is 34.1 Å². The molecular weight excluding hydrogens is 311 g/mol. The topological polar surface area (TPSA) is 32.3 Å². The lowest BCUT2D eigenvalue weighted by atomic mass is 10.2. The lowest BCUT2D eigenvalue weighted by Gasteiger charge is -2.21. The molecule has 0 bridgehead atoms. The maximum absolute atomic E-state index is 13.6. The highest BCUT2D eigenvalue weighted by molar-refractivity contribution is 9.10. The summed E-state index contributed by atoms with van der Waals surface area (Å²) in [6.07, 6.45) is 1.61. The molecule has 1 heterocycles. The van der Waals surface area contributed by atoms with Crippen LogP contribution in [0.25, 0.3) is 0 Å². The Morgan fingerprint density at radius 2 is 2.32 bits per heavy atom. The van der Waals surface area contributed by atoms with Gasteiger partial charge in [0, 0.05) is 42.1 Å². The fourth-order valence-corrected chi connectivity index (χ4v) is 2.66. The van der Waals surface area contributed by atoms with E-state index in [9.17, 15) is 9.18 Å². The minimum absolute atomic E-state index is 0.153. The van der Waals surface area contributed by atoms with Crippen LogP contribution in [0, 0.1) is 5.82 Å². The number of rotatable bonds is 5. The van der Waals surface area contributed by atoms with Crippen LogP contribution in [-0.4, -0.2) is 29.9 Å². The molecule has 19 heavy (non-hydrogen) atoms. The number of carbonyl (C=O) groups is 1. The predicted molar refractivity (Wildman–Crippen MR) is 76.2 cm³/mol. The van der Waals surface area contributed by atoms with E-state index >= 15 is 0 Å². The monoisotopic (exact) mass is 328 g/mol. The van der Waals surface area contributed by atoms with Gasteiger partial charge in [-0.2, -0.15) is 0 Å². The SMILES string of the molecule is CC(CN1CCCC1=O)NCc1cc(Br)ccc1F. The summed E-state index contributed by atoms with van der Waals surface area (Å²) in [5.41, 5.74) is 0.633. The fraction of sp³-hybridized carbons (Fsp3) is 0.500. The molecular formula is C14H18BrFN2O. The third-order valence-corrected chi connectivity index (χ3v) is 3.81. The van der Waals surface area contributed by atoms with Crippen LogP contribution in [0.15, 0.2) is 22.7 Å². The number of halogens is 2. The first-order chi connectivity index (χ1) is 9.06. The molecule has 1 aromatic carbocycles. The summed E-state index contributed by atoms with van der Waals surface area (Å²) in [7, 11) is 0. The molecule has 1 aliphatic rings. The van der Waals surface area contributed by atoms with Gasteiger partial charge in [-0.1, -0.05) is 15.9 Å². The summed E-state index contributed by atoms with van der Waals surface area (Å²) >= 11 is 3.33. The van der Waals surface area contributed by atoms with Crippen LogP contribution in [-0.2, 0) is 11.3 Å². The number of nitrogens with one attached hydrogen (secondary N) is 1. The summed E-state index contributed by atoms with van der Waals surface area (Å²) in [6.45, 7) is 4.01. The summed E-state index contributed by atoms with van der Waals surface area (Å²) in [6, 6.07) is 5.07. The first kappa shape index (κ1) is 14.5. The molecule has 1 amide bonds. The van der Waals surface area contributed by atoms with Crippen molar-refractivity contribution in [3.8, 4) is 0 Å². The van der Waals surface area contributed by atoms with E-state index in [1.807, 2.05) is 11.8 Å². The highest BCUT2D eigenvalue weighted by Crippen LogP contribution is 2.16. The Morgan fingerprint density at radius 3 is 3.00 bits per heavy atom. The normalized spacial score (nSPS) is 17.0. The van der Waals surface area contributed by atoms with E-state index in [2.05, 4.69) is 21.2 Å². The number of carbonyl (C=O) groups excluding carboxylic acids is 1. The first-order valence-corrected chi connectivity index (χ1v) is 7.30. The lowest BCUT2D eigenvalue weighted by Crippen LogP contribution is -2.39. The minimum Gasteiger partial charge on any atom is -0.341 e. The van der Waals surface area contributed by atoms with Crippen LogP contribution in [0.3, 0.4) is 0 Å². The zero-order valence-corrected chi connectivity index (χ0v) is 12.5. The molecule has 2 rings (SSSR count). The van der Waals surface area contributed by atoms with E-state index in [0.717, 1.165) is 17.4 Å². The molecule has 0 spiro atoms. The maximum Gasteiger partial charge on any atom is 0.222 e. The molecule has 0 aromatic heterocycles. The number of benzene rings is 1. The van der Waals surface area contributed by atoms with E-state index in [4.69, 9.17) is 0 Å². The Morgan fingerprint density at radius 1 is 1.53 bits per heavy atom. The highest BCUT2D eigenvalue weighted by Gasteiger charge is 2.21. The quantitative estimate of drug-likeness (QED) is 0.901. The van der Waals surface area contributed by atoms with Gasteiger partial charge < -0.3 is 10.2 Å². The van der Waals surface area contributed by atoms with Gasteiger partial charge in [0.15, 0.2) is 0 Å². The summed E-state index contributed by atoms with van der Waals surface area (Å²) in [5.74, 6) is 0.0161. The highest BCUT2D eigenvalue weighted by atomic mass is 79.9. The van der Waals surface area contributed by atoms with E-state index in [1.165, 1.54) is 6.07 Å². The van der Waals surface area contributed by atoms with Crippen molar-refractivity contribution in [2.75, 3.05) is 13.1 Å². The van der Waals surface area contributed by atoms with Gasteiger partial charge in [0.25, 0.3) is 0 Å². The molecule has 1 unspecified atom stereocenters. The number of likely N-dealkylation sites (tertiary alicyclic amines) is 1. The van der Waals surface area contributed by atoms with Gasteiger partial charge in [-0.15, -0.1) is 0 Å². The van der Waals surface area contributed by atoms with Gasteiger partial charge in [0.2, 0.25) is 5.91 Å². The zero-order chi connectivity index (χ0) is 13.8. The van der Waals surface area contributed by atoms with Crippen LogP contribution in [0.1, 0.15) is 25.3 Å². The molecule has 0 aliphatic carbocycles. The van der Waals surface area contributed by atoms with E-state index in [1.54, 1.807) is 12.1 Å². The molecule has 104 valence electrons. The van der Waals surface area contributed by atoms with Crippen molar-refractivity contribution >= 4 is 21.8 Å². The molecule has 1 aromatic rings. The van der Waals surface area contributed by atoms with Crippen molar-refractivity contribution in [1.29, 1.82) is 0 Å². The Kier molecular flexibility index (Phi) is 4.93. The third-order valence-electron chi connectivity index (χ3n) is 3.31. The van der Waals surface area contributed by atoms with Crippen LogP contribution in [0.2, 0.25) is 0 Å². The fourth-order valence-electron chi connectivity index (χ4n) is 2.26. The van der Waals surface area contributed by atoms with E-state index in [0.29, 0.717) is 25.1 Å². The summed E-state index contributed by atoms with van der Waals surface area (Å²) < 4.78 is 14.4. The maximum atomic E-state index is 13.6. The molecule has 1 aliphatic heterocycles. The van der Waals surface area contributed by atoms with E-state index < -0.39 is 0 Å². The number of hydrogen-bond acceptors (Lipinski definition) is 2. The molecule has 1 atom stereocenters. The van der Waals surface area contributed by atoms with Crippen molar-refractivity contribution < 1.29 is 9.18 Å². The molecule has 0 radical (unpaired) electrons. The van der Waals surface area contributed by atoms with Crippen molar-refractivity contribution in [3.63, 3.8) is 0 Å². The van der Waals surface area contributed by atoms with Crippen molar-refractivity contribution in [2.24, 2.45) is 0 Å². The Balaban J connectivity index is 1.84. The van der Waals surface area contributed by atoms with E-state index in [-0.39, 0.29) is 17.8 Å². The molecule has 1 saturated heterocycles. The largest absolute Gasteiger partial charge is 0.341 e. The lowest BCUT2D eigenvalue weighted by molar-refractivity contribution is -0.127. The van der Waals surface area contributed by atoms with Gasteiger partial charge >= 0.3 is 0 Å². The van der Waals surface area contributed by atoms with Crippen LogP contribution in [0.5, 0.6) is 0 Å². The van der Waals surface area contributed by atoms with Crippen LogP contribution in [0.4, 0.5) is 4.39 Å². The van der Waals surface area contributed by atoms with Gasteiger partial charge in [-0.05, 0) is 31.5 Å². The summed E-state index contributed by atoms with van der Waals surface area (Å²) in [5, 5.41) is 3.26. The van der Waals surface area contributed by atoms with Crippen LogP contribution < -0.4 is 5.32 Å². The van der Waals surface area contributed by atoms with Gasteiger partial charge in [0.1, 0.15) is 5.82 Å². The Hall–Kier alpha value is -0.940. The Bertz CT molecular complexity index is 467. The average molecular weight is 329 g/mol. The zero-order valence-electron chi connectivity index (χ0n) is 11.0. The second-order valence-electron chi connectivity index (χ2n) is 4.96.